The van der Waals surface area contributed by atoms with Crippen molar-refractivity contribution >= 4 is 18.1 Å². The van der Waals surface area contributed by atoms with E-state index in [1.807, 2.05) is 0 Å². The number of aliphatic carboxylic acids is 1. The van der Waals surface area contributed by atoms with Crippen LogP contribution in [-0.2, 0) is 4.79 Å². The van der Waals surface area contributed by atoms with Gasteiger partial charge in [0, 0.05) is 0 Å². The molecular weight excluding hydrogens is 190 g/mol. The van der Waals surface area contributed by atoms with Crippen molar-refractivity contribution in [1.82, 2.24) is 0 Å². The largest absolute Gasteiger partial charge is 0.477 e. The van der Waals surface area contributed by atoms with Crippen LogP contribution in [0.2, 0.25) is 0 Å². The average molecular weight is 199 g/mol. The monoisotopic (exact) mass is 199 g/mol. The van der Waals surface area contributed by atoms with E-state index in [1.165, 1.54) is 6.08 Å². The van der Waals surface area contributed by atoms with Gasteiger partial charge in [0.15, 0.2) is 0 Å². The fourth-order valence-electron chi connectivity index (χ4n) is 1.04. The third-order valence-corrected chi connectivity index (χ3v) is 1.83. The Kier molecular flexibility index (Phi) is 3.42. The molecule has 74 valence electrons. The van der Waals surface area contributed by atoms with Gasteiger partial charge in [-0.1, -0.05) is 36.9 Å². The van der Waals surface area contributed by atoms with Gasteiger partial charge in [0.05, 0.1) is 0 Å². The second kappa shape index (κ2) is 4.77. The van der Waals surface area contributed by atoms with Gasteiger partial charge >= 0.3 is 5.97 Å². The fourth-order valence-corrected chi connectivity index (χ4v) is 1.04. The van der Waals surface area contributed by atoms with Gasteiger partial charge in [0.1, 0.15) is 11.6 Å². The Balaban J connectivity index is 3.03. The maximum atomic E-state index is 10.6. The second-order valence-electron chi connectivity index (χ2n) is 2.85. The maximum Gasteiger partial charge on any atom is 0.346 e. The molecule has 3 nitrogen and oxygen atoms in total. The summed E-state index contributed by atoms with van der Waals surface area (Å²) in [6.45, 7) is 3.60. The number of hydrogen-bond acceptors (Lipinski definition) is 2. The van der Waals surface area contributed by atoms with Crippen molar-refractivity contribution in [3.8, 4) is 6.07 Å². The van der Waals surface area contributed by atoms with Crippen LogP contribution in [0.3, 0.4) is 0 Å². The molecule has 0 aliphatic rings. The van der Waals surface area contributed by atoms with Gasteiger partial charge < -0.3 is 5.11 Å². The molecule has 0 spiro atoms. The van der Waals surface area contributed by atoms with Crippen molar-refractivity contribution in [3.05, 3.63) is 47.5 Å². The lowest BCUT2D eigenvalue weighted by molar-refractivity contribution is -0.132. The van der Waals surface area contributed by atoms with Gasteiger partial charge in [-0.05, 0) is 17.2 Å². The van der Waals surface area contributed by atoms with E-state index in [2.05, 4.69) is 6.58 Å². The van der Waals surface area contributed by atoms with Crippen molar-refractivity contribution in [1.29, 1.82) is 5.26 Å². The smallest absolute Gasteiger partial charge is 0.346 e. The first-order chi connectivity index (χ1) is 7.17. The number of carbonyl (C=O) groups is 1. The minimum atomic E-state index is -1.22. The van der Waals surface area contributed by atoms with Crippen molar-refractivity contribution in [2.45, 2.75) is 0 Å². The molecule has 0 aliphatic heterocycles. The van der Waals surface area contributed by atoms with E-state index in [4.69, 9.17) is 10.4 Å². The van der Waals surface area contributed by atoms with Gasteiger partial charge in [0.25, 0.3) is 0 Å². The molecule has 3 heteroatoms. The molecule has 1 rings (SSSR count). The van der Waals surface area contributed by atoms with Gasteiger partial charge in [-0.2, -0.15) is 5.26 Å². The molecule has 15 heavy (non-hydrogen) atoms. The Hall–Kier alpha value is -2.34. The summed E-state index contributed by atoms with van der Waals surface area (Å²) in [6, 6.07) is 8.69. The predicted octanol–water partition coefficient (Wildman–Crippen LogP) is 2.32. The van der Waals surface area contributed by atoms with Crippen LogP contribution in [-0.4, -0.2) is 11.1 Å². The zero-order valence-corrected chi connectivity index (χ0v) is 7.97. The van der Waals surface area contributed by atoms with Crippen LogP contribution < -0.4 is 0 Å². The highest BCUT2D eigenvalue weighted by atomic mass is 16.4. The number of nitrogens with zero attached hydrogens (tertiary/aromatic N) is 1. The zero-order valence-electron chi connectivity index (χ0n) is 7.97. The summed E-state index contributed by atoms with van der Waals surface area (Å²) in [6.07, 6.45) is 3.02. The molecule has 0 fully saturated rings. The van der Waals surface area contributed by atoms with Crippen molar-refractivity contribution < 1.29 is 9.90 Å². The highest BCUT2D eigenvalue weighted by Crippen LogP contribution is 2.09. The van der Waals surface area contributed by atoms with E-state index in [0.717, 1.165) is 5.56 Å². The van der Waals surface area contributed by atoms with Gasteiger partial charge in [-0.15, -0.1) is 0 Å². The van der Waals surface area contributed by atoms with Gasteiger partial charge in [0.2, 0.25) is 0 Å². The molecule has 0 aromatic heterocycles. The quantitative estimate of drug-likeness (QED) is 0.600. The minimum absolute atomic E-state index is 0.277. The fraction of sp³-hybridized carbons (Fsp3) is 0. The number of rotatable bonds is 3. The van der Waals surface area contributed by atoms with E-state index >= 15 is 0 Å². The Labute approximate surface area is 87.6 Å². The molecule has 0 radical (unpaired) electrons. The predicted molar refractivity (Wildman–Crippen MR) is 57.8 cm³/mol. The highest BCUT2D eigenvalue weighted by Gasteiger charge is 2.04. The third kappa shape index (κ3) is 2.82. The Morgan fingerprint density at radius 2 is 1.87 bits per heavy atom. The van der Waals surface area contributed by atoms with Crippen LogP contribution >= 0.6 is 0 Å². The number of nitriles is 1. The minimum Gasteiger partial charge on any atom is -0.477 e. The summed E-state index contributed by atoms with van der Waals surface area (Å²) in [7, 11) is 0. The molecule has 0 atom stereocenters. The summed E-state index contributed by atoms with van der Waals surface area (Å²) < 4.78 is 0. The first-order valence-corrected chi connectivity index (χ1v) is 4.25. The van der Waals surface area contributed by atoms with Crippen molar-refractivity contribution in [2.75, 3.05) is 0 Å². The molecule has 1 N–H and O–H groups in total. The molecular formula is C12H9NO2. The van der Waals surface area contributed by atoms with Crippen molar-refractivity contribution in [3.63, 3.8) is 0 Å². The van der Waals surface area contributed by atoms with Crippen LogP contribution in [0.5, 0.6) is 0 Å². The molecule has 0 saturated carbocycles. The average Bonchev–Trinajstić information content (AvgIpc) is 2.26. The van der Waals surface area contributed by atoms with E-state index in [9.17, 15) is 4.79 Å². The molecule has 0 amide bonds. The summed E-state index contributed by atoms with van der Waals surface area (Å²) in [5, 5.41) is 17.2. The lowest BCUT2D eigenvalue weighted by Gasteiger charge is -1.95. The van der Waals surface area contributed by atoms with Crippen LogP contribution in [0.25, 0.3) is 12.2 Å². The van der Waals surface area contributed by atoms with Crippen LogP contribution in [0.1, 0.15) is 11.1 Å². The van der Waals surface area contributed by atoms with Crippen molar-refractivity contribution in [2.24, 2.45) is 0 Å². The topological polar surface area (TPSA) is 61.1 Å². The van der Waals surface area contributed by atoms with Crippen LogP contribution in [0.15, 0.2) is 36.4 Å². The van der Waals surface area contributed by atoms with Gasteiger partial charge in [-0.25, -0.2) is 4.79 Å². The zero-order chi connectivity index (χ0) is 11.3. The molecule has 1 aromatic rings. The number of benzene rings is 1. The number of carboxylic acid groups (broad SMARTS) is 1. The molecule has 0 unspecified atom stereocenters. The summed E-state index contributed by atoms with van der Waals surface area (Å²) in [5.41, 5.74) is 1.35. The first kappa shape index (κ1) is 10.7. The lowest BCUT2D eigenvalue weighted by Crippen LogP contribution is -1.97. The highest BCUT2D eigenvalue weighted by molar-refractivity contribution is 5.96. The maximum absolute atomic E-state index is 10.6. The molecule has 0 saturated heterocycles. The number of carboxylic acids is 1. The van der Waals surface area contributed by atoms with E-state index < -0.39 is 5.97 Å². The SMILES string of the molecule is C=Cc1ccc(C=C(C#N)C(=O)O)cc1. The standard InChI is InChI=1S/C12H9NO2/c1-2-9-3-5-10(6-4-9)7-11(8-13)12(14)15/h2-7H,1H2,(H,14,15). The summed E-state index contributed by atoms with van der Waals surface area (Å²) >= 11 is 0. The Bertz CT molecular complexity index is 450. The molecule has 1 aromatic carbocycles. The first-order valence-electron chi connectivity index (χ1n) is 4.25. The Morgan fingerprint density at radius 1 is 1.33 bits per heavy atom. The van der Waals surface area contributed by atoms with Gasteiger partial charge in [-0.3, -0.25) is 0 Å². The molecule has 0 heterocycles. The number of hydrogen-bond donors (Lipinski definition) is 1. The van der Waals surface area contributed by atoms with Crippen LogP contribution in [0.4, 0.5) is 0 Å². The van der Waals surface area contributed by atoms with E-state index in [1.54, 1.807) is 36.4 Å². The summed E-state index contributed by atoms with van der Waals surface area (Å²) in [5.74, 6) is -1.22. The lowest BCUT2D eigenvalue weighted by atomic mass is 10.1. The normalized spacial score (nSPS) is 10.5. The third-order valence-electron chi connectivity index (χ3n) is 1.83. The van der Waals surface area contributed by atoms with E-state index in [-0.39, 0.29) is 5.57 Å². The van der Waals surface area contributed by atoms with E-state index in [0.29, 0.717) is 5.56 Å². The summed E-state index contributed by atoms with van der Waals surface area (Å²) in [4.78, 5) is 10.6. The Morgan fingerprint density at radius 3 is 2.27 bits per heavy atom. The molecule has 0 bridgehead atoms. The second-order valence-corrected chi connectivity index (χ2v) is 2.85. The molecule has 0 aliphatic carbocycles. The van der Waals surface area contributed by atoms with Crippen LogP contribution in [0, 0.1) is 11.3 Å².